The molecular weight excluding hydrogens is 342 g/mol. The van der Waals surface area contributed by atoms with Crippen LogP contribution in [-0.4, -0.2) is 10.9 Å². The molecule has 3 rings (SSSR count). The van der Waals surface area contributed by atoms with E-state index in [9.17, 15) is 0 Å². The second-order valence-corrected chi connectivity index (χ2v) is 7.87. The minimum absolute atomic E-state index is 0.283. The quantitative estimate of drug-likeness (QED) is 0.745. The average Bonchev–Trinajstić information content (AvgIpc) is 2.63. The molecule has 2 aromatic rings. The van der Waals surface area contributed by atoms with Gasteiger partial charge in [-0.25, -0.2) is 0 Å². The molecular formula is C21H25N3OS. The van der Waals surface area contributed by atoms with E-state index in [1.165, 1.54) is 5.56 Å². The molecule has 0 aromatic heterocycles. The minimum atomic E-state index is -0.283. The standard InChI is InChI=1S/C21H25N3OS/c1-15-7-9-17(10-8-15)14-25-24-16(2)18-5-4-6-19(13-18)21(3)11-12-26-20(22)23-21/h4-10,13,24H,2,11-12,14H2,1,3H3,(H2,22,23). The largest absolute Gasteiger partial charge is 0.379 e. The van der Waals surface area contributed by atoms with Crippen molar-refractivity contribution in [1.82, 2.24) is 5.48 Å². The van der Waals surface area contributed by atoms with E-state index in [1.54, 1.807) is 11.8 Å². The van der Waals surface area contributed by atoms with Crippen LogP contribution in [0.2, 0.25) is 0 Å². The lowest BCUT2D eigenvalue weighted by molar-refractivity contribution is 0.0648. The highest BCUT2D eigenvalue weighted by Gasteiger charge is 2.29. The van der Waals surface area contributed by atoms with Crippen LogP contribution in [0.25, 0.3) is 5.70 Å². The summed E-state index contributed by atoms with van der Waals surface area (Å²) in [7, 11) is 0. The van der Waals surface area contributed by atoms with Crippen molar-refractivity contribution >= 4 is 22.6 Å². The van der Waals surface area contributed by atoms with E-state index in [4.69, 9.17) is 10.6 Å². The number of nitrogens with zero attached hydrogens (tertiary/aromatic N) is 1. The lowest BCUT2D eigenvalue weighted by Crippen LogP contribution is -2.28. The molecule has 0 aliphatic carbocycles. The smallest absolute Gasteiger partial charge is 0.154 e. The summed E-state index contributed by atoms with van der Waals surface area (Å²) in [4.78, 5) is 10.3. The van der Waals surface area contributed by atoms with Gasteiger partial charge < -0.3 is 5.73 Å². The zero-order chi connectivity index (χ0) is 18.6. The zero-order valence-corrected chi connectivity index (χ0v) is 16.1. The Balaban J connectivity index is 1.65. The first-order valence-electron chi connectivity index (χ1n) is 8.67. The molecule has 1 unspecified atom stereocenters. The molecule has 5 heteroatoms. The fraction of sp³-hybridized carbons (Fsp3) is 0.286. The molecule has 0 saturated carbocycles. The predicted octanol–water partition coefficient (Wildman–Crippen LogP) is 4.35. The SMILES string of the molecule is C=C(NOCc1ccc(C)cc1)c1cccc(C2(C)CCSC(N)=N2)c1. The fourth-order valence-corrected chi connectivity index (χ4v) is 3.86. The van der Waals surface area contributed by atoms with Crippen molar-refractivity contribution in [2.45, 2.75) is 32.4 Å². The number of amidine groups is 1. The van der Waals surface area contributed by atoms with Crippen LogP contribution >= 0.6 is 11.8 Å². The monoisotopic (exact) mass is 367 g/mol. The Morgan fingerprint density at radius 3 is 2.81 bits per heavy atom. The molecule has 0 fully saturated rings. The number of hydrogen-bond donors (Lipinski definition) is 2. The van der Waals surface area contributed by atoms with Crippen molar-refractivity contribution in [3.63, 3.8) is 0 Å². The molecule has 0 spiro atoms. The van der Waals surface area contributed by atoms with Crippen LogP contribution in [0.3, 0.4) is 0 Å². The topological polar surface area (TPSA) is 59.6 Å². The summed E-state index contributed by atoms with van der Waals surface area (Å²) in [6, 6.07) is 16.5. The van der Waals surface area contributed by atoms with Gasteiger partial charge in [0.05, 0.1) is 17.8 Å². The summed E-state index contributed by atoms with van der Waals surface area (Å²) in [5.74, 6) is 0.981. The number of thioether (sulfide) groups is 1. The van der Waals surface area contributed by atoms with Crippen LogP contribution < -0.4 is 11.2 Å². The van der Waals surface area contributed by atoms with Gasteiger partial charge >= 0.3 is 0 Å². The average molecular weight is 368 g/mol. The number of hydroxylamine groups is 1. The zero-order valence-electron chi connectivity index (χ0n) is 15.3. The maximum Gasteiger partial charge on any atom is 0.154 e. The summed E-state index contributed by atoms with van der Waals surface area (Å²) in [6.07, 6.45) is 0.964. The van der Waals surface area contributed by atoms with Gasteiger partial charge in [0.15, 0.2) is 5.17 Å². The van der Waals surface area contributed by atoms with Gasteiger partial charge in [-0.2, -0.15) is 0 Å². The molecule has 1 heterocycles. The van der Waals surface area contributed by atoms with E-state index in [2.05, 4.69) is 67.3 Å². The molecule has 136 valence electrons. The van der Waals surface area contributed by atoms with Crippen molar-refractivity contribution in [1.29, 1.82) is 0 Å². The van der Waals surface area contributed by atoms with E-state index in [0.717, 1.165) is 34.6 Å². The van der Waals surface area contributed by atoms with Crippen molar-refractivity contribution in [2.75, 3.05) is 5.75 Å². The summed E-state index contributed by atoms with van der Waals surface area (Å²) >= 11 is 1.61. The molecule has 1 aliphatic heterocycles. The van der Waals surface area contributed by atoms with Gasteiger partial charge in [0, 0.05) is 5.75 Å². The van der Waals surface area contributed by atoms with Crippen LogP contribution in [0.5, 0.6) is 0 Å². The Morgan fingerprint density at radius 1 is 1.31 bits per heavy atom. The van der Waals surface area contributed by atoms with Gasteiger partial charge in [0.25, 0.3) is 0 Å². The number of rotatable bonds is 6. The highest BCUT2D eigenvalue weighted by molar-refractivity contribution is 8.13. The molecule has 1 atom stereocenters. The Hall–Kier alpha value is -2.24. The molecule has 3 N–H and O–H groups in total. The maximum atomic E-state index is 5.94. The van der Waals surface area contributed by atoms with Gasteiger partial charge in [0.1, 0.15) is 0 Å². The summed E-state index contributed by atoms with van der Waals surface area (Å²) < 4.78 is 0. The van der Waals surface area contributed by atoms with E-state index in [1.807, 2.05) is 12.1 Å². The van der Waals surface area contributed by atoms with Crippen molar-refractivity contribution < 1.29 is 4.84 Å². The Kier molecular flexibility index (Phi) is 5.69. The van der Waals surface area contributed by atoms with Gasteiger partial charge in [-0.05, 0) is 43.0 Å². The minimum Gasteiger partial charge on any atom is -0.379 e. The first kappa shape index (κ1) is 18.5. The Labute approximate surface area is 159 Å². The van der Waals surface area contributed by atoms with Gasteiger partial charge in [-0.15, -0.1) is 0 Å². The van der Waals surface area contributed by atoms with Crippen molar-refractivity contribution in [3.8, 4) is 0 Å². The number of aliphatic imine (C=N–C) groups is 1. The van der Waals surface area contributed by atoms with E-state index < -0.39 is 0 Å². The van der Waals surface area contributed by atoms with Crippen LogP contribution in [0.4, 0.5) is 0 Å². The lowest BCUT2D eigenvalue weighted by Gasteiger charge is -2.30. The van der Waals surface area contributed by atoms with Gasteiger partial charge in [-0.3, -0.25) is 15.3 Å². The Bertz CT molecular complexity index is 816. The molecule has 26 heavy (non-hydrogen) atoms. The third-order valence-electron chi connectivity index (χ3n) is 4.58. The first-order chi connectivity index (χ1) is 12.5. The highest BCUT2D eigenvalue weighted by Crippen LogP contribution is 2.35. The molecule has 0 radical (unpaired) electrons. The van der Waals surface area contributed by atoms with Gasteiger partial charge in [0.2, 0.25) is 0 Å². The third-order valence-corrected chi connectivity index (χ3v) is 5.38. The lowest BCUT2D eigenvalue weighted by atomic mass is 9.88. The van der Waals surface area contributed by atoms with Crippen LogP contribution in [0.15, 0.2) is 60.1 Å². The van der Waals surface area contributed by atoms with Gasteiger partial charge in [-0.1, -0.05) is 66.4 Å². The third kappa shape index (κ3) is 4.48. The second kappa shape index (κ2) is 7.98. The van der Waals surface area contributed by atoms with Crippen LogP contribution in [0, 0.1) is 6.92 Å². The normalized spacial score (nSPS) is 19.7. The molecule has 2 aromatic carbocycles. The highest BCUT2D eigenvalue weighted by atomic mass is 32.2. The van der Waals surface area contributed by atoms with Crippen LogP contribution in [-0.2, 0) is 17.0 Å². The number of hydrogen-bond acceptors (Lipinski definition) is 5. The maximum absolute atomic E-state index is 5.94. The molecule has 0 amide bonds. The molecule has 0 saturated heterocycles. The predicted molar refractivity (Wildman–Crippen MR) is 111 cm³/mol. The van der Waals surface area contributed by atoms with E-state index in [-0.39, 0.29) is 5.54 Å². The summed E-state index contributed by atoms with van der Waals surface area (Å²) in [5.41, 5.74) is 13.8. The van der Waals surface area contributed by atoms with Crippen molar-refractivity contribution in [2.24, 2.45) is 10.7 Å². The summed E-state index contributed by atoms with van der Waals surface area (Å²) in [5, 5.41) is 0.655. The number of benzene rings is 2. The Morgan fingerprint density at radius 2 is 2.08 bits per heavy atom. The first-order valence-corrected chi connectivity index (χ1v) is 9.66. The number of nitrogens with two attached hydrogens (primary N) is 1. The summed E-state index contributed by atoms with van der Waals surface area (Å²) in [6.45, 7) is 8.77. The molecule has 0 bridgehead atoms. The molecule has 4 nitrogen and oxygen atoms in total. The van der Waals surface area contributed by atoms with E-state index >= 15 is 0 Å². The second-order valence-electron chi connectivity index (χ2n) is 6.76. The number of nitrogens with one attached hydrogen (secondary N) is 1. The van der Waals surface area contributed by atoms with Crippen LogP contribution in [0.1, 0.15) is 35.6 Å². The fourth-order valence-electron chi connectivity index (χ4n) is 2.89. The number of aryl methyl sites for hydroxylation is 1. The van der Waals surface area contributed by atoms with Crippen molar-refractivity contribution in [3.05, 3.63) is 77.4 Å². The molecule has 1 aliphatic rings. The van der Waals surface area contributed by atoms with E-state index in [0.29, 0.717) is 11.8 Å².